The predicted molar refractivity (Wildman–Crippen MR) is 83.2 cm³/mol. The minimum absolute atomic E-state index is 0.243. The maximum Gasteiger partial charge on any atom is 0.217 e. The molecule has 1 aliphatic rings. The first kappa shape index (κ1) is 16.3. The number of hydrogen-bond donors (Lipinski definition) is 2. The van der Waals surface area contributed by atoms with Crippen molar-refractivity contribution in [2.24, 2.45) is 24.1 Å². The zero-order valence-corrected chi connectivity index (χ0v) is 13.7. The van der Waals surface area contributed by atoms with Gasteiger partial charge in [-0.25, -0.2) is 4.68 Å². The summed E-state index contributed by atoms with van der Waals surface area (Å²) in [5.74, 6) is 1.42. The van der Waals surface area contributed by atoms with E-state index in [1.54, 1.807) is 11.8 Å². The summed E-state index contributed by atoms with van der Waals surface area (Å²) >= 11 is 0. The van der Waals surface area contributed by atoms with Gasteiger partial charge < -0.3 is 15.6 Å². The highest BCUT2D eigenvalue weighted by molar-refractivity contribution is 5.34. The first-order chi connectivity index (χ1) is 9.99. The van der Waals surface area contributed by atoms with E-state index >= 15 is 0 Å². The van der Waals surface area contributed by atoms with E-state index in [0.717, 1.165) is 42.9 Å². The Hall–Kier alpha value is -1.07. The van der Waals surface area contributed by atoms with Crippen LogP contribution in [0.25, 0.3) is 0 Å². The second-order valence-corrected chi connectivity index (χ2v) is 6.45. The van der Waals surface area contributed by atoms with E-state index in [4.69, 9.17) is 10.5 Å². The summed E-state index contributed by atoms with van der Waals surface area (Å²) in [4.78, 5) is 0. The van der Waals surface area contributed by atoms with Gasteiger partial charge in [0.15, 0.2) is 0 Å². The zero-order valence-electron chi connectivity index (χ0n) is 13.7. The minimum atomic E-state index is -0.607. The van der Waals surface area contributed by atoms with Crippen LogP contribution in [0.15, 0.2) is 0 Å². The second-order valence-electron chi connectivity index (χ2n) is 6.45. The van der Waals surface area contributed by atoms with E-state index in [0.29, 0.717) is 12.4 Å². The first-order valence-corrected chi connectivity index (χ1v) is 7.94. The summed E-state index contributed by atoms with van der Waals surface area (Å²) in [5.41, 5.74) is 7.47. The molecule has 1 aromatic heterocycles. The average molecular weight is 295 g/mol. The number of nitrogens with two attached hydrogens (primary N) is 1. The summed E-state index contributed by atoms with van der Waals surface area (Å²) in [6.45, 7) is 4.66. The lowest BCUT2D eigenvalue weighted by Crippen LogP contribution is -2.40. The molecular weight excluding hydrogens is 266 g/mol. The Morgan fingerprint density at radius 2 is 2.10 bits per heavy atom. The van der Waals surface area contributed by atoms with E-state index in [9.17, 15) is 5.11 Å². The number of aliphatic hydroxyl groups excluding tert-OH is 1. The van der Waals surface area contributed by atoms with Crippen LogP contribution in [0, 0.1) is 18.3 Å². The molecule has 5 nitrogen and oxygen atoms in total. The summed E-state index contributed by atoms with van der Waals surface area (Å²) < 4.78 is 7.13. The van der Waals surface area contributed by atoms with Crippen LogP contribution in [-0.2, 0) is 7.05 Å². The van der Waals surface area contributed by atoms with Crippen LogP contribution < -0.4 is 10.5 Å². The van der Waals surface area contributed by atoms with E-state index in [1.165, 1.54) is 6.42 Å². The first-order valence-electron chi connectivity index (χ1n) is 7.94. The molecule has 0 aromatic carbocycles. The van der Waals surface area contributed by atoms with Gasteiger partial charge in [-0.3, -0.25) is 0 Å². The fraction of sp³-hybridized carbons (Fsp3) is 0.812. The van der Waals surface area contributed by atoms with Crippen molar-refractivity contribution in [3.05, 3.63) is 11.3 Å². The summed E-state index contributed by atoms with van der Waals surface area (Å²) in [5, 5.41) is 15.4. The van der Waals surface area contributed by atoms with Gasteiger partial charge in [-0.05, 0) is 38.5 Å². The van der Waals surface area contributed by atoms with Crippen LogP contribution >= 0.6 is 0 Å². The zero-order chi connectivity index (χ0) is 15.6. The second kappa shape index (κ2) is 6.36. The van der Waals surface area contributed by atoms with Crippen molar-refractivity contribution in [1.29, 1.82) is 0 Å². The normalized spacial score (nSPS) is 27.6. The Morgan fingerprint density at radius 3 is 2.57 bits per heavy atom. The Morgan fingerprint density at radius 1 is 1.48 bits per heavy atom. The molecule has 1 atom stereocenters. The minimum Gasteiger partial charge on any atom is -0.481 e. The van der Waals surface area contributed by atoms with Crippen molar-refractivity contribution in [2.45, 2.75) is 52.1 Å². The van der Waals surface area contributed by atoms with Gasteiger partial charge in [0.05, 0.1) is 24.5 Å². The van der Waals surface area contributed by atoms with Gasteiger partial charge in [-0.15, -0.1) is 0 Å². The molecule has 1 aromatic rings. The van der Waals surface area contributed by atoms with Crippen molar-refractivity contribution in [2.75, 3.05) is 13.7 Å². The maximum absolute atomic E-state index is 11.0. The van der Waals surface area contributed by atoms with E-state index in [-0.39, 0.29) is 5.41 Å². The van der Waals surface area contributed by atoms with E-state index in [1.807, 2.05) is 14.0 Å². The van der Waals surface area contributed by atoms with Crippen molar-refractivity contribution in [3.8, 4) is 5.88 Å². The molecule has 1 fully saturated rings. The lowest BCUT2D eigenvalue weighted by Gasteiger charge is -2.42. The number of aliphatic hydroxyl groups is 1. The third-order valence-electron chi connectivity index (χ3n) is 5.35. The molecule has 1 unspecified atom stereocenters. The van der Waals surface area contributed by atoms with Crippen LogP contribution in [0.2, 0.25) is 0 Å². The topological polar surface area (TPSA) is 73.3 Å². The molecule has 1 heterocycles. The Labute approximate surface area is 127 Å². The molecular formula is C16H29N3O2. The SMILES string of the molecule is CCC1CCC(CN)(C(O)c2c(C)nn(C)c2OC)CC1. The summed E-state index contributed by atoms with van der Waals surface area (Å²) in [6.07, 6.45) is 4.84. The Kier molecular flexibility index (Phi) is 4.94. The molecule has 0 aliphatic heterocycles. The van der Waals surface area contributed by atoms with Crippen LogP contribution in [0.4, 0.5) is 0 Å². The number of ether oxygens (including phenoxy) is 1. The smallest absolute Gasteiger partial charge is 0.217 e. The fourth-order valence-electron chi connectivity index (χ4n) is 3.77. The van der Waals surface area contributed by atoms with Gasteiger partial charge in [-0.2, -0.15) is 5.10 Å². The molecule has 0 saturated heterocycles. The third kappa shape index (κ3) is 2.81. The number of methoxy groups -OCH3 is 1. The number of aromatic nitrogens is 2. The predicted octanol–water partition coefficient (Wildman–Crippen LogP) is 2.32. The fourth-order valence-corrected chi connectivity index (χ4v) is 3.77. The van der Waals surface area contributed by atoms with Crippen LogP contribution in [0.3, 0.4) is 0 Å². The molecule has 2 rings (SSSR count). The van der Waals surface area contributed by atoms with Gasteiger partial charge in [0.25, 0.3) is 0 Å². The van der Waals surface area contributed by atoms with Crippen molar-refractivity contribution >= 4 is 0 Å². The number of hydrogen-bond acceptors (Lipinski definition) is 4. The molecule has 3 N–H and O–H groups in total. The summed E-state index contributed by atoms with van der Waals surface area (Å²) in [6, 6.07) is 0. The number of nitrogens with zero attached hydrogens (tertiary/aromatic N) is 2. The lowest BCUT2D eigenvalue weighted by molar-refractivity contribution is -0.0120. The molecule has 0 spiro atoms. The van der Waals surface area contributed by atoms with Gasteiger partial charge in [-0.1, -0.05) is 13.3 Å². The number of rotatable bonds is 5. The Bertz CT molecular complexity index is 476. The molecule has 5 heteroatoms. The Balaban J connectivity index is 2.31. The lowest BCUT2D eigenvalue weighted by atomic mass is 9.65. The largest absolute Gasteiger partial charge is 0.481 e. The molecule has 1 saturated carbocycles. The third-order valence-corrected chi connectivity index (χ3v) is 5.35. The van der Waals surface area contributed by atoms with Gasteiger partial charge in [0.2, 0.25) is 5.88 Å². The molecule has 1 aliphatic carbocycles. The highest BCUT2D eigenvalue weighted by Gasteiger charge is 2.43. The molecule has 120 valence electrons. The van der Waals surface area contributed by atoms with Gasteiger partial charge in [0, 0.05) is 19.0 Å². The van der Waals surface area contributed by atoms with Gasteiger partial charge >= 0.3 is 0 Å². The molecule has 0 radical (unpaired) electrons. The monoisotopic (exact) mass is 295 g/mol. The van der Waals surface area contributed by atoms with Crippen molar-refractivity contribution < 1.29 is 9.84 Å². The van der Waals surface area contributed by atoms with Crippen molar-refractivity contribution in [1.82, 2.24) is 9.78 Å². The summed E-state index contributed by atoms with van der Waals surface area (Å²) in [7, 11) is 3.46. The van der Waals surface area contributed by atoms with E-state index < -0.39 is 6.10 Å². The highest BCUT2D eigenvalue weighted by atomic mass is 16.5. The highest BCUT2D eigenvalue weighted by Crippen LogP contribution is 2.49. The molecule has 21 heavy (non-hydrogen) atoms. The number of aryl methyl sites for hydroxylation is 2. The standard InChI is InChI=1S/C16H29N3O2/c1-5-12-6-8-16(10-17,9-7-12)14(20)13-11(2)18-19(3)15(13)21-4/h12,14,20H,5-10,17H2,1-4H3. The van der Waals surface area contributed by atoms with Crippen molar-refractivity contribution in [3.63, 3.8) is 0 Å². The van der Waals surface area contributed by atoms with Crippen LogP contribution in [0.5, 0.6) is 5.88 Å². The molecule has 0 bridgehead atoms. The van der Waals surface area contributed by atoms with Gasteiger partial charge in [0.1, 0.15) is 0 Å². The van der Waals surface area contributed by atoms with Crippen LogP contribution in [0.1, 0.15) is 56.4 Å². The maximum atomic E-state index is 11.0. The van der Waals surface area contributed by atoms with Crippen LogP contribution in [-0.4, -0.2) is 28.5 Å². The van der Waals surface area contributed by atoms with E-state index in [2.05, 4.69) is 12.0 Å². The molecule has 0 amide bonds. The quantitative estimate of drug-likeness (QED) is 0.874. The average Bonchev–Trinajstić information content (AvgIpc) is 2.80.